The zero-order chi connectivity index (χ0) is 36.9. The van der Waals surface area contributed by atoms with Gasteiger partial charge in [-0.15, -0.1) is 6.42 Å². The van der Waals surface area contributed by atoms with Crippen molar-refractivity contribution in [2.75, 3.05) is 38.2 Å². The quantitative estimate of drug-likeness (QED) is 0.185. The number of hydrogen-bond acceptors (Lipinski definition) is 8. The second-order valence-corrected chi connectivity index (χ2v) is 14.7. The third kappa shape index (κ3) is 4.96. The summed E-state index contributed by atoms with van der Waals surface area (Å²) >= 11 is 0. The Morgan fingerprint density at radius 2 is 1.98 bits per heavy atom. The highest BCUT2D eigenvalue weighted by Crippen LogP contribution is 2.48. The van der Waals surface area contributed by atoms with Crippen molar-refractivity contribution >= 4 is 39.1 Å². The van der Waals surface area contributed by atoms with Crippen LogP contribution >= 0.6 is 0 Å². The van der Waals surface area contributed by atoms with E-state index in [-0.39, 0.29) is 88.8 Å². The first-order valence-electron chi connectivity index (χ1n) is 17.7. The normalized spacial score (nSPS) is 24.7. The zero-order valence-corrected chi connectivity index (χ0v) is 28.9. The Morgan fingerprint density at radius 1 is 1.15 bits per heavy atom. The third-order valence-electron chi connectivity index (χ3n) is 11.9. The van der Waals surface area contributed by atoms with Crippen LogP contribution in [-0.2, 0) is 0 Å². The Kier molecular flexibility index (Phi) is 7.60. The standard InChI is InChI=1S/C39H35F4N7O3/c1-4-24-26(40)8-6-20-13-23(51)14-25(29(20)24)33-31(41)34-30-32(45-33)19(2)12-28-27-9-7-22(50(27)38(52)44-3)17-49(28)36(30)47-37(46-34)53-18-39-10-5-11-48(39)16-21(15-39)35(42)43/h1,6,8,13-14,22,27-28,51H,2,5,7,9-12,15-18H2,3H3,(H,44,52)/t22-,27+,28-,39+/m1/s1. The summed E-state index contributed by atoms with van der Waals surface area (Å²) in [6.45, 7) is 5.61. The van der Waals surface area contributed by atoms with Gasteiger partial charge in [0.1, 0.15) is 35.2 Å². The van der Waals surface area contributed by atoms with Crippen LogP contribution in [0.5, 0.6) is 11.8 Å². The molecule has 2 amide bonds. The minimum absolute atomic E-state index is 0.00891. The molecule has 7 heterocycles. The average molecular weight is 726 g/mol. The molecule has 10 nitrogen and oxygen atoms in total. The Hall–Kier alpha value is -5.42. The number of terminal acetylenes is 1. The number of urea groups is 1. The lowest BCUT2D eigenvalue weighted by Gasteiger charge is -2.47. The maximum Gasteiger partial charge on any atom is 0.319 e. The number of carbonyl (C=O) groups excluding carboxylic acids is 1. The van der Waals surface area contributed by atoms with Gasteiger partial charge in [0.25, 0.3) is 6.08 Å². The Bertz CT molecular complexity index is 2360. The summed E-state index contributed by atoms with van der Waals surface area (Å²) in [7, 11) is 1.60. The number of phenolic OH excluding ortho intramolecular Hbond substituents is 1. The molecule has 2 bridgehead atoms. The summed E-state index contributed by atoms with van der Waals surface area (Å²) in [5.41, 5.74) is -0.152. The van der Waals surface area contributed by atoms with Gasteiger partial charge in [0, 0.05) is 36.7 Å². The van der Waals surface area contributed by atoms with Crippen molar-refractivity contribution in [3.05, 3.63) is 65.4 Å². The molecule has 9 rings (SSSR count). The van der Waals surface area contributed by atoms with Crippen LogP contribution in [-0.4, -0.2) is 92.8 Å². The van der Waals surface area contributed by atoms with Gasteiger partial charge in [-0.05, 0) is 74.2 Å². The number of aromatic nitrogens is 3. The number of benzene rings is 2. The smallest absolute Gasteiger partial charge is 0.319 e. The van der Waals surface area contributed by atoms with E-state index in [9.17, 15) is 18.7 Å². The minimum atomic E-state index is -1.68. The van der Waals surface area contributed by atoms with Crippen molar-refractivity contribution < 1.29 is 32.2 Å². The molecule has 53 heavy (non-hydrogen) atoms. The number of anilines is 1. The zero-order valence-electron chi connectivity index (χ0n) is 28.9. The lowest BCUT2D eigenvalue weighted by molar-refractivity contribution is 0.107. The number of fused-ring (bicyclic) bond motifs is 7. The number of amides is 2. The van der Waals surface area contributed by atoms with Crippen molar-refractivity contribution in [3.8, 4) is 35.4 Å². The highest BCUT2D eigenvalue weighted by molar-refractivity contribution is 6.05. The van der Waals surface area contributed by atoms with Gasteiger partial charge in [-0.2, -0.15) is 18.7 Å². The fraction of sp³-hybridized carbons (Fsp3) is 0.385. The van der Waals surface area contributed by atoms with Gasteiger partial charge in [0.15, 0.2) is 5.82 Å². The van der Waals surface area contributed by atoms with Crippen molar-refractivity contribution in [3.63, 3.8) is 0 Å². The van der Waals surface area contributed by atoms with Crippen LogP contribution in [0.1, 0.15) is 49.8 Å². The number of ether oxygens (including phenoxy) is 1. The van der Waals surface area contributed by atoms with Gasteiger partial charge in [-0.3, -0.25) is 4.90 Å². The number of rotatable bonds is 4. The molecule has 4 atom stereocenters. The molecular weight excluding hydrogens is 690 g/mol. The van der Waals surface area contributed by atoms with E-state index in [1.165, 1.54) is 24.3 Å². The van der Waals surface area contributed by atoms with Crippen LogP contribution in [0.3, 0.4) is 0 Å². The Balaban J connectivity index is 1.25. The number of halogens is 4. The van der Waals surface area contributed by atoms with Gasteiger partial charge < -0.3 is 25.0 Å². The predicted molar refractivity (Wildman–Crippen MR) is 191 cm³/mol. The van der Waals surface area contributed by atoms with Gasteiger partial charge in [0.2, 0.25) is 0 Å². The van der Waals surface area contributed by atoms with E-state index in [4.69, 9.17) is 21.1 Å². The van der Waals surface area contributed by atoms with E-state index in [1.807, 2.05) is 9.80 Å². The number of hydrogen-bond donors (Lipinski definition) is 2. The van der Waals surface area contributed by atoms with Crippen LogP contribution in [0.4, 0.5) is 28.2 Å². The van der Waals surface area contributed by atoms with E-state index in [1.54, 1.807) is 7.05 Å². The number of nitrogens with one attached hydrogen (secondary N) is 1. The van der Waals surface area contributed by atoms with E-state index in [0.29, 0.717) is 53.8 Å². The number of phenols is 1. The number of piperazine rings is 1. The van der Waals surface area contributed by atoms with E-state index in [2.05, 4.69) is 27.7 Å². The maximum atomic E-state index is 17.4. The molecule has 0 unspecified atom stereocenters. The number of aromatic hydroxyl groups is 1. The van der Waals surface area contributed by atoms with Crippen LogP contribution in [0, 0.1) is 24.0 Å². The maximum absolute atomic E-state index is 17.4. The highest BCUT2D eigenvalue weighted by atomic mass is 19.3. The molecule has 4 aromatic rings. The molecule has 5 aliphatic rings. The number of pyridine rings is 1. The molecule has 4 saturated heterocycles. The summed E-state index contributed by atoms with van der Waals surface area (Å²) in [5.74, 6) is 0.963. The summed E-state index contributed by atoms with van der Waals surface area (Å²) in [6.07, 6.45) is 7.56. The topological polar surface area (TPSA) is 107 Å². The van der Waals surface area contributed by atoms with Crippen molar-refractivity contribution in [2.45, 2.75) is 62.2 Å². The molecule has 0 saturated carbocycles. The first kappa shape index (κ1) is 33.4. The van der Waals surface area contributed by atoms with E-state index >= 15 is 8.78 Å². The van der Waals surface area contributed by atoms with Crippen LogP contribution in [0.2, 0.25) is 0 Å². The van der Waals surface area contributed by atoms with Crippen LogP contribution < -0.4 is 15.0 Å². The predicted octanol–water partition coefficient (Wildman–Crippen LogP) is 6.36. The summed E-state index contributed by atoms with van der Waals surface area (Å²) < 4.78 is 66.3. The van der Waals surface area contributed by atoms with E-state index < -0.39 is 23.3 Å². The molecule has 2 aromatic heterocycles. The average Bonchev–Trinajstić information content (AvgIpc) is 3.79. The summed E-state index contributed by atoms with van der Waals surface area (Å²) in [4.78, 5) is 33.4. The van der Waals surface area contributed by atoms with Crippen molar-refractivity contribution in [1.29, 1.82) is 0 Å². The van der Waals surface area contributed by atoms with Gasteiger partial charge in [-0.1, -0.05) is 18.6 Å². The molecule has 2 N–H and O–H groups in total. The molecule has 0 radical (unpaired) electrons. The summed E-state index contributed by atoms with van der Waals surface area (Å²) in [6, 6.07) is 4.36. The molecule has 14 heteroatoms. The largest absolute Gasteiger partial charge is 0.508 e. The lowest BCUT2D eigenvalue weighted by atomic mass is 9.94. The molecule has 5 aliphatic heterocycles. The summed E-state index contributed by atoms with van der Waals surface area (Å²) in [5, 5.41) is 14.4. The molecule has 0 spiro atoms. The monoisotopic (exact) mass is 725 g/mol. The molecule has 2 aromatic carbocycles. The SMILES string of the molecule is C#Cc1c(F)ccc2cc(O)cc(-c3nc4c5c(nc(OC[C@@]67CCCN6CC(=C(F)F)C7)nc5c3F)N3C[C@H]5CC[C@@H]([C@H]3CC4=C)N5C(=O)NC)c12. The van der Waals surface area contributed by atoms with E-state index in [0.717, 1.165) is 19.3 Å². The second-order valence-electron chi connectivity index (χ2n) is 14.7. The minimum Gasteiger partial charge on any atom is -0.508 e. The number of carbonyl (C=O) groups is 1. The lowest BCUT2D eigenvalue weighted by Crippen LogP contribution is -2.62. The first-order chi connectivity index (χ1) is 25.5. The molecular formula is C39H35F4N7O3. The fourth-order valence-electron chi connectivity index (χ4n) is 9.58. The van der Waals surface area contributed by atoms with Crippen LogP contribution in [0.25, 0.3) is 38.5 Å². The number of nitrogens with zero attached hydrogens (tertiary/aromatic N) is 6. The first-order valence-corrected chi connectivity index (χ1v) is 17.7. The van der Waals surface area contributed by atoms with Gasteiger partial charge >= 0.3 is 12.0 Å². The van der Waals surface area contributed by atoms with Crippen molar-refractivity contribution in [2.24, 2.45) is 0 Å². The van der Waals surface area contributed by atoms with Crippen molar-refractivity contribution in [1.82, 2.24) is 30.1 Å². The highest BCUT2D eigenvalue weighted by Gasteiger charge is 2.51. The molecule has 272 valence electrons. The second kappa shape index (κ2) is 12.1. The molecule has 4 fully saturated rings. The molecule has 0 aliphatic carbocycles. The third-order valence-corrected chi connectivity index (χ3v) is 11.9. The van der Waals surface area contributed by atoms with Crippen LogP contribution in [0.15, 0.2) is 42.5 Å². The Morgan fingerprint density at radius 3 is 2.75 bits per heavy atom. The van der Waals surface area contributed by atoms with Gasteiger partial charge in [0.05, 0.1) is 40.3 Å². The fourth-order valence-corrected chi connectivity index (χ4v) is 9.58. The van der Waals surface area contributed by atoms with Gasteiger partial charge in [-0.25, -0.2) is 18.6 Å². The Labute approximate surface area is 302 Å².